The minimum atomic E-state index is -0.248. The Kier molecular flexibility index (Phi) is 3.44. The molecule has 1 heterocycles. The second kappa shape index (κ2) is 5.40. The molecule has 21 heavy (non-hydrogen) atoms. The third-order valence-corrected chi connectivity index (χ3v) is 3.48. The van der Waals surface area contributed by atoms with Gasteiger partial charge in [0.2, 0.25) is 0 Å². The third-order valence-electron chi connectivity index (χ3n) is 3.48. The minimum Gasteiger partial charge on any atom is -0.494 e. The van der Waals surface area contributed by atoms with E-state index in [-0.39, 0.29) is 18.4 Å². The van der Waals surface area contributed by atoms with Gasteiger partial charge in [-0.15, -0.1) is 0 Å². The number of nitrogens with zero attached hydrogens (tertiary/aromatic N) is 1. The van der Waals surface area contributed by atoms with Crippen LogP contribution in [0.5, 0.6) is 5.75 Å². The first-order valence-electron chi connectivity index (χ1n) is 6.88. The highest BCUT2D eigenvalue weighted by Gasteiger charge is 2.35. The predicted octanol–water partition coefficient (Wildman–Crippen LogP) is 2.88. The fourth-order valence-electron chi connectivity index (χ4n) is 2.48. The van der Waals surface area contributed by atoms with Gasteiger partial charge < -0.3 is 4.74 Å². The quantitative estimate of drug-likeness (QED) is 0.810. The first kappa shape index (κ1) is 13.4. The van der Waals surface area contributed by atoms with Crippen LogP contribution >= 0.6 is 0 Å². The number of imide groups is 1. The molecule has 1 aliphatic rings. The molecule has 0 radical (unpaired) electrons. The SMILES string of the molecule is CCOc1ccccc1CN1C(=O)c2ccccc2C1=O. The largest absolute Gasteiger partial charge is 0.494 e. The lowest BCUT2D eigenvalue weighted by molar-refractivity contribution is 0.0641. The van der Waals surface area contributed by atoms with E-state index in [0.29, 0.717) is 23.5 Å². The van der Waals surface area contributed by atoms with Gasteiger partial charge in [-0.1, -0.05) is 30.3 Å². The van der Waals surface area contributed by atoms with Gasteiger partial charge in [-0.3, -0.25) is 14.5 Å². The summed E-state index contributed by atoms with van der Waals surface area (Å²) in [6.45, 7) is 2.67. The first-order chi connectivity index (χ1) is 10.2. The molecule has 2 amide bonds. The number of benzene rings is 2. The zero-order valence-corrected chi connectivity index (χ0v) is 11.7. The predicted molar refractivity (Wildman–Crippen MR) is 78.3 cm³/mol. The van der Waals surface area contributed by atoms with Crippen LogP contribution in [-0.4, -0.2) is 23.3 Å². The maximum absolute atomic E-state index is 12.3. The number of carbonyl (C=O) groups excluding carboxylic acids is 2. The third kappa shape index (κ3) is 2.29. The van der Waals surface area contributed by atoms with Gasteiger partial charge in [0.25, 0.3) is 11.8 Å². The van der Waals surface area contributed by atoms with Crippen molar-refractivity contribution in [1.29, 1.82) is 0 Å². The second-order valence-corrected chi connectivity index (χ2v) is 4.78. The molecule has 0 N–H and O–H groups in total. The van der Waals surface area contributed by atoms with Crippen molar-refractivity contribution < 1.29 is 14.3 Å². The molecule has 0 saturated heterocycles. The van der Waals surface area contributed by atoms with Crippen LogP contribution < -0.4 is 4.74 Å². The molecular weight excluding hydrogens is 266 g/mol. The van der Waals surface area contributed by atoms with Gasteiger partial charge >= 0.3 is 0 Å². The lowest BCUT2D eigenvalue weighted by atomic mass is 10.1. The Morgan fingerprint density at radius 3 is 2.10 bits per heavy atom. The maximum Gasteiger partial charge on any atom is 0.261 e. The van der Waals surface area contributed by atoms with Crippen LogP contribution in [-0.2, 0) is 6.54 Å². The molecule has 0 spiro atoms. The van der Waals surface area contributed by atoms with E-state index in [9.17, 15) is 9.59 Å². The maximum atomic E-state index is 12.3. The molecule has 0 atom stereocenters. The average molecular weight is 281 g/mol. The smallest absolute Gasteiger partial charge is 0.261 e. The van der Waals surface area contributed by atoms with Crippen molar-refractivity contribution in [2.24, 2.45) is 0 Å². The van der Waals surface area contributed by atoms with Gasteiger partial charge in [-0.2, -0.15) is 0 Å². The number of amides is 2. The van der Waals surface area contributed by atoms with Crippen molar-refractivity contribution in [2.75, 3.05) is 6.61 Å². The number of hydrogen-bond donors (Lipinski definition) is 0. The van der Waals surface area contributed by atoms with Gasteiger partial charge in [-0.05, 0) is 25.1 Å². The summed E-state index contributed by atoms with van der Waals surface area (Å²) in [4.78, 5) is 26.0. The van der Waals surface area contributed by atoms with Crippen LogP contribution in [0.15, 0.2) is 48.5 Å². The number of ether oxygens (including phenoxy) is 1. The van der Waals surface area contributed by atoms with E-state index in [1.165, 1.54) is 4.90 Å². The number of carbonyl (C=O) groups is 2. The summed E-state index contributed by atoms with van der Waals surface area (Å²) in [5, 5.41) is 0. The zero-order valence-electron chi connectivity index (χ0n) is 11.7. The molecule has 1 aliphatic heterocycles. The van der Waals surface area contributed by atoms with Crippen LogP contribution in [0, 0.1) is 0 Å². The number of para-hydroxylation sites is 1. The van der Waals surface area contributed by atoms with Crippen molar-refractivity contribution in [3.05, 3.63) is 65.2 Å². The molecule has 3 rings (SSSR count). The van der Waals surface area contributed by atoms with E-state index in [0.717, 1.165) is 5.56 Å². The van der Waals surface area contributed by atoms with Gasteiger partial charge in [0.1, 0.15) is 5.75 Å². The molecule has 106 valence electrons. The number of rotatable bonds is 4. The van der Waals surface area contributed by atoms with Gasteiger partial charge in [0.05, 0.1) is 24.3 Å². The second-order valence-electron chi connectivity index (χ2n) is 4.78. The van der Waals surface area contributed by atoms with Crippen LogP contribution in [0.2, 0.25) is 0 Å². The van der Waals surface area contributed by atoms with Crippen LogP contribution in [0.1, 0.15) is 33.2 Å². The Bertz CT molecular complexity index is 674. The molecule has 0 saturated carbocycles. The summed E-state index contributed by atoms with van der Waals surface area (Å²) in [6, 6.07) is 14.4. The zero-order chi connectivity index (χ0) is 14.8. The Morgan fingerprint density at radius 2 is 1.48 bits per heavy atom. The van der Waals surface area contributed by atoms with Gasteiger partial charge in [-0.25, -0.2) is 0 Å². The summed E-state index contributed by atoms with van der Waals surface area (Å²) in [6.07, 6.45) is 0. The van der Waals surface area contributed by atoms with E-state index in [2.05, 4.69) is 0 Å². The van der Waals surface area contributed by atoms with Crippen molar-refractivity contribution in [3.63, 3.8) is 0 Å². The van der Waals surface area contributed by atoms with E-state index in [1.54, 1.807) is 24.3 Å². The molecule has 0 unspecified atom stereocenters. The molecule has 0 bridgehead atoms. The minimum absolute atomic E-state index is 0.225. The molecule has 2 aromatic carbocycles. The molecule has 4 nitrogen and oxygen atoms in total. The normalized spacial score (nSPS) is 13.5. The summed E-state index contributed by atoms with van der Waals surface area (Å²) in [5.41, 5.74) is 1.77. The van der Waals surface area contributed by atoms with Gasteiger partial charge in [0.15, 0.2) is 0 Å². The molecule has 0 aromatic heterocycles. The summed E-state index contributed by atoms with van der Waals surface area (Å²) >= 11 is 0. The lowest BCUT2D eigenvalue weighted by Crippen LogP contribution is -2.29. The number of hydrogen-bond acceptors (Lipinski definition) is 3. The van der Waals surface area contributed by atoms with Crippen molar-refractivity contribution in [1.82, 2.24) is 4.90 Å². The molecule has 0 fully saturated rings. The highest BCUT2D eigenvalue weighted by molar-refractivity contribution is 6.21. The summed E-state index contributed by atoms with van der Waals surface area (Å²) in [7, 11) is 0. The monoisotopic (exact) mass is 281 g/mol. The standard InChI is InChI=1S/C17H15NO3/c1-2-21-15-10-6-3-7-12(15)11-18-16(19)13-8-4-5-9-14(13)17(18)20/h3-10H,2,11H2,1H3. The van der Waals surface area contributed by atoms with E-state index < -0.39 is 0 Å². The summed E-state index contributed by atoms with van der Waals surface area (Å²) in [5.74, 6) is 0.209. The van der Waals surface area contributed by atoms with Crippen LogP contribution in [0.25, 0.3) is 0 Å². The van der Waals surface area contributed by atoms with Gasteiger partial charge in [0, 0.05) is 5.56 Å². The van der Waals surface area contributed by atoms with Crippen LogP contribution in [0.3, 0.4) is 0 Å². The Balaban J connectivity index is 1.91. The Labute approximate surface area is 123 Å². The average Bonchev–Trinajstić information content (AvgIpc) is 2.75. The number of fused-ring (bicyclic) bond motifs is 1. The first-order valence-corrected chi connectivity index (χ1v) is 6.88. The molecule has 4 heteroatoms. The Morgan fingerprint density at radius 1 is 0.905 bits per heavy atom. The highest BCUT2D eigenvalue weighted by Crippen LogP contribution is 2.27. The van der Waals surface area contributed by atoms with Crippen molar-refractivity contribution >= 4 is 11.8 Å². The molecular formula is C17H15NO3. The topological polar surface area (TPSA) is 46.6 Å². The van der Waals surface area contributed by atoms with Crippen LogP contribution in [0.4, 0.5) is 0 Å². The highest BCUT2D eigenvalue weighted by atomic mass is 16.5. The fourth-order valence-corrected chi connectivity index (χ4v) is 2.48. The van der Waals surface area contributed by atoms with E-state index in [4.69, 9.17) is 4.74 Å². The van der Waals surface area contributed by atoms with Crippen molar-refractivity contribution in [3.8, 4) is 5.75 Å². The molecule has 0 aliphatic carbocycles. The molecule has 2 aromatic rings. The lowest BCUT2D eigenvalue weighted by Gasteiger charge is -2.16. The fraction of sp³-hybridized carbons (Fsp3) is 0.176. The van der Waals surface area contributed by atoms with E-state index >= 15 is 0 Å². The Hall–Kier alpha value is -2.62. The summed E-state index contributed by atoms with van der Waals surface area (Å²) < 4.78 is 5.55. The van der Waals surface area contributed by atoms with E-state index in [1.807, 2.05) is 31.2 Å². The van der Waals surface area contributed by atoms with Crippen molar-refractivity contribution in [2.45, 2.75) is 13.5 Å².